The zero-order valence-electron chi connectivity index (χ0n) is 10.6. The van der Waals surface area contributed by atoms with Crippen molar-refractivity contribution >= 4 is 12.2 Å². The van der Waals surface area contributed by atoms with Crippen LogP contribution in [0.15, 0.2) is 30.3 Å². The quantitative estimate of drug-likeness (QED) is 0.862. The van der Waals surface area contributed by atoms with Crippen molar-refractivity contribution in [3.05, 3.63) is 58.7 Å². The van der Waals surface area contributed by atoms with Gasteiger partial charge < -0.3 is 0 Å². The van der Waals surface area contributed by atoms with E-state index in [-0.39, 0.29) is 5.91 Å². The van der Waals surface area contributed by atoms with Gasteiger partial charge in [-0.15, -0.1) is 0 Å². The predicted molar refractivity (Wildman–Crippen MR) is 69.4 cm³/mol. The minimum atomic E-state index is -0.395. The van der Waals surface area contributed by atoms with Crippen molar-refractivity contribution < 1.29 is 14.0 Å². The molecule has 2 rings (SSSR count). The first kappa shape index (κ1) is 13.0. The third-order valence-corrected chi connectivity index (χ3v) is 2.92. The van der Waals surface area contributed by atoms with Crippen LogP contribution in [0.3, 0.4) is 0 Å². The molecule has 0 saturated carbocycles. The Morgan fingerprint density at radius 2 is 1.89 bits per heavy atom. The maximum atomic E-state index is 12.8. The Kier molecular flexibility index (Phi) is 3.46. The van der Waals surface area contributed by atoms with Gasteiger partial charge in [0.15, 0.2) is 6.29 Å². The summed E-state index contributed by atoms with van der Waals surface area (Å²) in [5.41, 5.74) is 4.94. The molecule has 4 nitrogen and oxygen atoms in total. The number of nitrogens with zero attached hydrogens (tertiary/aromatic N) is 1. The number of aldehydes is 1. The fourth-order valence-corrected chi connectivity index (χ4v) is 1.85. The molecule has 0 aliphatic heterocycles. The molecule has 1 heterocycles. The maximum absolute atomic E-state index is 12.8. The van der Waals surface area contributed by atoms with E-state index in [1.54, 1.807) is 19.9 Å². The van der Waals surface area contributed by atoms with Crippen LogP contribution >= 0.6 is 0 Å². The number of rotatable bonds is 3. The first-order chi connectivity index (χ1) is 9.02. The first-order valence-electron chi connectivity index (χ1n) is 5.74. The van der Waals surface area contributed by atoms with E-state index in [1.165, 1.54) is 28.9 Å². The highest BCUT2D eigenvalue weighted by Gasteiger charge is 2.12. The number of carbonyl (C=O) groups is 2. The van der Waals surface area contributed by atoms with Crippen LogP contribution in [0.2, 0.25) is 0 Å². The molecule has 5 heteroatoms. The number of hydrogen-bond donors (Lipinski definition) is 1. The average molecular weight is 260 g/mol. The zero-order valence-corrected chi connectivity index (χ0v) is 10.6. The van der Waals surface area contributed by atoms with E-state index in [9.17, 15) is 14.0 Å². The highest BCUT2D eigenvalue weighted by atomic mass is 19.1. The van der Waals surface area contributed by atoms with E-state index >= 15 is 0 Å². The van der Waals surface area contributed by atoms with Crippen LogP contribution in [0, 0.1) is 19.7 Å². The Hall–Kier alpha value is -2.43. The highest BCUT2D eigenvalue weighted by molar-refractivity contribution is 6.00. The molecule has 1 aromatic carbocycles. The lowest BCUT2D eigenvalue weighted by atomic mass is 10.2. The number of aryl methyl sites for hydroxylation is 1. The summed E-state index contributed by atoms with van der Waals surface area (Å²) in [5, 5.41) is 0. The Bertz CT molecular complexity index is 630. The van der Waals surface area contributed by atoms with Gasteiger partial charge in [0, 0.05) is 22.5 Å². The van der Waals surface area contributed by atoms with Crippen LogP contribution in [0.25, 0.3) is 0 Å². The van der Waals surface area contributed by atoms with Crippen molar-refractivity contribution in [3.8, 4) is 0 Å². The molecule has 0 atom stereocenters. The van der Waals surface area contributed by atoms with Gasteiger partial charge in [0.05, 0.1) is 0 Å². The second-order valence-corrected chi connectivity index (χ2v) is 4.23. The van der Waals surface area contributed by atoms with E-state index < -0.39 is 5.82 Å². The van der Waals surface area contributed by atoms with Gasteiger partial charge in [-0.1, -0.05) is 0 Å². The van der Waals surface area contributed by atoms with Gasteiger partial charge in [-0.2, -0.15) is 0 Å². The molecule has 1 N–H and O–H groups in total. The maximum Gasteiger partial charge on any atom is 0.270 e. The molecule has 0 aliphatic rings. The van der Waals surface area contributed by atoms with E-state index in [2.05, 4.69) is 5.43 Å². The first-order valence-corrected chi connectivity index (χ1v) is 5.74. The monoisotopic (exact) mass is 260 g/mol. The summed E-state index contributed by atoms with van der Waals surface area (Å²) >= 11 is 0. The van der Waals surface area contributed by atoms with Gasteiger partial charge >= 0.3 is 0 Å². The van der Waals surface area contributed by atoms with Crippen molar-refractivity contribution in [2.24, 2.45) is 0 Å². The summed E-state index contributed by atoms with van der Waals surface area (Å²) < 4.78 is 14.3. The molecular formula is C14H13FN2O2. The number of carbonyl (C=O) groups excluding carboxylic acids is 2. The minimum Gasteiger partial charge on any atom is -0.298 e. The van der Waals surface area contributed by atoms with Gasteiger partial charge in [-0.05, 0) is 44.2 Å². The number of aromatic nitrogens is 1. The number of halogens is 1. The fourth-order valence-electron chi connectivity index (χ4n) is 1.85. The van der Waals surface area contributed by atoms with E-state index in [1.807, 2.05) is 0 Å². The minimum absolute atomic E-state index is 0.349. The van der Waals surface area contributed by atoms with E-state index in [0.29, 0.717) is 16.8 Å². The van der Waals surface area contributed by atoms with Crippen LogP contribution < -0.4 is 5.43 Å². The zero-order chi connectivity index (χ0) is 14.0. The summed E-state index contributed by atoms with van der Waals surface area (Å²) in [5.74, 6) is -0.757. The third-order valence-electron chi connectivity index (χ3n) is 2.92. The van der Waals surface area contributed by atoms with Gasteiger partial charge in [0.25, 0.3) is 5.91 Å². The van der Waals surface area contributed by atoms with Crippen molar-refractivity contribution in [1.82, 2.24) is 4.68 Å². The number of amides is 1. The lowest BCUT2D eigenvalue weighted by Crippen LogP contribution is -2.24. The molecule has 0 fully saturated rings. The molecular weight excluding hydrogens is 247 g/mol. The van der Waals surface area contributed by atoms with Crippen molar-refractivity contribution in [1.29, 1.82) is 0 Å². The van der Waals surface area contributed by atoms with Crippen molar-refractivity contribution in [3.63, 3.8) is 0 Å². The van der Waals surface area contributed by atoms with Crippen LogP contribution in [-0.2, 0) is 0 Å². The van der Waals surface area contributed by atoms with Gasteiger partial charge in [0.1, 0.15) is 5.82 Å². The molecule has 0 unspecified atom stereocenters. The smallest absolute Gasteiger partial charge is 0.270 e. The molecule has 0 saturated heterocycles. The van der Waals surface area contributed by atoms with E-state index in [4.69, 9.17) is 0 Å². The van der Waals surface area contributed by atoms with Crippen LogP contribution in [0.5, 0.6) is 0 Å². The molecule has 1 aromatic heterocycles. The SMILES string of the molecule is Cc1cc(C=O)c(C)n1NC(=O)c1ccc(F)cc1. The Labute approximate surface area is 109 Å². The van der Waals surface area contributed by atoms with Gasteiger partial charge in [-0.25, -0.2) is 4.39 Å². The molecule has 1 amide bonds. The summed E-state index contributed by atoms with van der Waals surface area (Å²) in [6.07, 6.45) is 0.739. The Morgan fingerprint density at radius 3 is 2.42 bits per heavy atom. The summed E-state index contributed by atoms with van der Waals surface area (Å²) in [7, 11) is 0. The largest absolute Gasteiger partial charge is 0.298 e. The number of hydrogen-bond acceptors (Lipinski definition) is 2. The molecule has 0 radical (unpaired) electrons. The molecule has 19 heavy (non-hydrogen) atoms. The standard InChI is InChI=1S/C14H13FN2O2/c1-9-7-12(8-18)10(2)17(9)16-14(19)11-3-5-13(15)6-4-11/h3-8H,1-2H3,(H,16,19). The lowest BCUT2D eigenvalue weighted by Gasteiger charge is -2.11. The molecule has 2 aromatic rings. The molecule has 0 spiro atoms. The second kappa shape index (κ2) is 5.06. The van der Waals surface area contributed by atoms with Gasteiger partial charge in [-0.3, -0.25) is 19.7 Å². The van der Waals surface area contributed by atoms with Crippen LogP contribution in [0.1, 0.15) is 32.1 Å². The van der Waals surface area contributed by atoms with Crippen LogP contribution in [0.4, 0.5) is 4.39 Å². The van der Waals surface area contributed by atoms with E-state index in [0.717, 1.165) is 12.0 Å². The lowest BCUT2D eigenvalue weighted by molar-refractivity contribution is 0.101. The topological polar surface area (TPSA) is 51.1 Å². The Balaban J connectivity index is 2.26. The van der Waals surface area contributed by atoms with Crippen molar-refractivity contribution in [2.75, 3.05) is 5.43 Å². The average Bonchev–Trinajstić information content (AvgIpc) is 2.67. The number of nitrogens with one attached hydrogen (secondary N) is 1. The summed E-state index contributed by atoms with van der Waals surface area (Å²) in [4.78, 5) is 22.8. The molecule has 0 aliphatic carbocycles. The second-order valence-electron chi connectivity index (χ2n) is 4.23. The van der Waals surface area contributed by atoms with Crippen LogP contribution in [-0.4, -0.2) is 16.9 Å². The normalized spacial score (nSPS) is 10.3. The van der Waals surface area contributed by atoms with Crippen molar-refractivity contribution in [2.45, 2.75) is 13.8 Å². The fraction of sp³-hybridized carbons (Fsp3) is 0.143. The Morgan fingerprint density at radius 1 is 1.26 bits per heavy atom. The molecule has 98 valence electrons. The highest BCUT2D eigenvalue weighted by Crippen LogP contribution is 2.12. The summed E-state index contributed by atoms with van der Waals surface area (Å²) in [6.45, 7) is 3.52. The molecule has 0 bridgehead atoms. The third kappa shape index (κ3) is 2.54. The predicted octanol–water partition coefficient (Wildman–Crippen LogP) is 2.44. The van der Waals surface area contributed by atoms with Gasteiger partial charge in [0.2, 0.25) is 0 Å². The summed E-state index contributed by atoms with van der Waals surface area (Å²) in [6, 6.07) is 6.94. The number of benzene rings is 1.